The van der Waals surface area contributed by atoms with Crippen LogP contribution in [0.15, 0.2) is 34.8 Å². The van der Waals surface area contributed by atoms with Crippen molar-refractivity contribution in [2.75, 3.05) is 0 Å². The van der Waals surface area contributed by atoms with Gasteiger partial charge < -0.3 is 9.84 Å². The minimum absolute atomic E-state index is 0.0471. The second-order valence-electron chi connectivity index (χ2n) is 4.69. The van der Waals surface area contributed by atoms with Crippen molar-refractivity contribution >= 4 is 21.6 Å². The van der Waals surface area contributed by atoms with Crippen molar-refractivity contribution in [3.8, 4) is 11.5 Å². The molecule has 2 rings (SSSR count). The summed E-state index contributed by atoms with van der Waals surface area (Å²) in [6.07, 6.45) is 0. The fourth-order valence-corrected chi connectivity index (χ4v) is 2.43. The lowest BCUT2D eigenvalue weighted by molar-refractivity contribution is -0.385. The van der Waals surface area contributed by atoms with E-state index < -0.39 is 4.92 Å². The smallest absolute Gasteiger partial charge is 0.272 e. The van der Waals surface area contributed by atoms with Gasteiger partial charge >= 0.3 is 0 Å². The predicted octanol–water partition coefficient (Wildman–Crippen LogP) is 4.26. The van der Waals surface area contributed by atoms with Crippen LogP contribution in [0.5, 0.6) is 11.5 Å². The molecule has 0 fully saturated rings. The third-order valence-corrected chi connectivity index (χ3v) is 3.71. The summed E-state index contributed by atoms with van der Waals surface area (Å²) in [6, 6.07) is 8.42. The zero-order valence-electron chi connectivity index (χ0n) is 11.6. The highest BCUT2D eigenvalue weighted by Crippen LogP contribution is 2.34. The molecule has 0 unspecified atom stereocenters. The van der Waals surface area contributed by atoms with Crippen LogP contribution < -0.4 is 4.74 Å². The third kappa shape index (κ3) is 3.40. The van der Waals surface area contributed by atoms with E-state index in [1.54, 1.807) is 38.1 Å². The van der Waals surface area contributed by atoms with Crippen molar-refractivity contribution in [2.24, 2.45) is 0 Å². The Hall–Kier alpha value is -1.92. The minimum atomic E-state index is -0.405. The van der Waals surface area contributed by atoms with Gasteiger partial charge in [-0.1, -0.05) is 6.07 Å². The molecular weight excluding hydrogens is 338 g/mol. The van der Waals surface area contributed by atoms with Gasteiger partial charge in [-0.05, 0) is 59.1 Å². The van der Waals surface area contributed by atoms with E-state index >= 15 is 0 Å². The van der Waals surface area contributed by atoms with Crippen molar-refractivity contribution < 1.29 is 14.8 Å². The lowest BCUT2D eigenvalue weighted by atomic mass is 10.1. The van der Waals surface area contributed by atoms with Gasteiger partial charge in [0.15, 0.2) is 0 Å². The van der Waals surface area contributed by atoms with Crippen molar-refractivity contribution in [1.82, 2.24) is 0 Å². The van der Waals surface area contributed by atoms with E-state index in [0.717, 1.165) is 5.56 Å². The average molecular weight is 352 g/mol. The largest absolute Gasteiger partial charge is 0.456 e. The fourth-order valence-electron chi connectivity index (χ4n) is 1.93. The van der Waals surface area contributed by atoms with Gasteiger partial charge in [0, 0.05) is 11.6 Å². The number of nitro groups is 1. The molecule has 0 heterocycles. The monoisotopic (exact) mass is 351 g/mol. The number of aryl methyl sites for hydroxylation is 2. The van der Waals surface area contributed by atoms with Gasteiger partial charge in [-0.25, -0.2) is 0 Å². The summed E-state index contributed by atoms with van der Waals surface area (Å²) in [5.74, 6) is 1.15. The Morgan fingerprint density at radius 1 is 1.19 bits per heavy atom. The molecule has 0 aliphatic rings. The molecule has 0 aliphatic carbocycles. The topological polar surface area (TPSA) is 72.6 Å². The number of nitrogens with zero attached hydrogens (tertiary/aromatic N) is 1. The molecule has 6 heteroatoms. The van der Waals surface area contributed by atoms with Crippen LogP contribution in [0.4, 0.5) is 5.69 Å². The molecule has 110 valence electrons. The molecular formula is C15H14BrNO4. The molecule has 0 aliphatic heterocycles. The number of hydrogen-bond acceptors (Lipinski definition) is 4. The lowest BCUT2D eigenvalue weighted by Crippen LogP contribution is -1.96. The molecule has 0 aromatic heterocycles. The number of benzene rings is 2. The van der Waals surface area contributed by atoms with Crippen molar-refractivity contribution in [3.05, 3.63) is 61.6 Å². The van der Waals surface area contributed by atoms with Crippen LogP contribution in [0.1, 0.15) is 16.7 Å². The quantitative estimate of drug-likeness (QED) is 0.659. The van der Waals surface area contributed by atoms with Gasteiger partial charge in [-0.3, -0.25) is 10.1 Å². The van der Waals surface area contributed by atoms with Crippen molar-refractivity contribution in [1.29, 1.82) is 0 Å². The van der Waals surface area contributed by atoms with E-state index in [2.05, 4.69) is 15.9 Å². The van der Waals surface area contributed by atoms with E-state index in [-0.39, 0.29) is 12.3 Å². The highest BCUT2D eigenvalue weighted by atomic mass is 79.9. The molecule has 0 bridgehead atoms. The van der Waals surface area contributed by atoms with Crippen LogP contribution >= 0.6 is 15.9 Å². The van der Waals surface area contributed by atoms with Crippen LogP contribution in [-0.2, 0) is 6.61 Å². The Labute approximate surface area is 130 Å². The summed E-state index contributed by atoms with van der Waals surface area (Å²) < 4.78 is 6.52. The van der Waals surface area contributed by atoms with Crippen LogP contribution in [0.25, 0.3) is 0 Å². The molecule has 0 spiro atoms. The molecule has 0 saturated heterocycles. The van der Waals surface area contributed by atoms with E-state index in [1.807, 2.05) is 0 Å². The first-order chi connectivity index (χ1) is 9.92. The van der Waals surface area contributed by atoms with Crippen LogP contribution in [0.2, 0.25) is 0 Å². The average Bonchev–Trinajstić information content (AvgIpc) is 2.44. The maximum atomic E-state index is 10.9. The summed E-state index contributed by atoms with van der Waals surface area (Å²) in [7, 11) is 0. The molecule has 1 N–H and O–H groups in total. The molecule has 0 amide bonds. The number of aliphatic hydroxyl groups is 1. The first-order valence-electron chi connectivity index (χ1n) is 6.25. The fraction of sp³-hybridized carbons (Fsp3) is 0.200. The molecule has 0 saturated carbocycles. The number of rotatable bonds is 4. The van der Waals surface area contributed by atoms with Gasteiger partial charge in [0.1, 0.15) is 11.5 Å². The van der Waals surface area contributed by atoms with Crippen LogP contribution in [0.3, 0.4) is 0 Å². The van der Waals surface area contributed by atoms with E-state index in [9.17, 15) is 10.1 Å². The Bertz CT molecular complexity index is 700. The zero-order chi connectivity index (χ0) is 15.6. The molecule has 2 aromatic carbocycles. The van der Waals surface area contributed by atoms with Gasteiger partial charge in [0.2, 0.25) is 0 Å². The van der Waals surface area contributed by atoms with Gasteiger partial charge in [-0.15, -0.1) is 0 Å². The molecule has 0 radical (unpaired) electrons. The second kappa shape index (κ2) is 6.24. The number of aliphatic hydroxyl groups excluding tert-OH is 1. The predicted molar refractivity (Wildman–Crippen MR) is 82.7 cm³/mol. The van der Waals surface area contributed by atoms with Crippen LogP contribution in [0, 0.1) is 24.0 Å². The number of ether oxygens (including phenoxy) is 1. The zero-order valence-corrected chi connectivity index (χ0v) is 13.2. The molecule has 5 nitrogen and oxygen atoms in total. The summed E-state index contributed by atoms with van der Waals surface area (Å²) in [6.45, 7) is 3.39. The van der Waals surface area contributed by atoms with Gasteiger partial charge in [0.05, 0.1) is 16.0 Å². The lowest BCUT2D eigenvalue weighted by Gasteiger charge is -2.12. The Morgan fingerprint density at radius 2 is 1.90 bits per heavy atom. The van der Waals surface area contributed by atoms with Crippen molar-refractivity contribution in [2.45, 2.75) is 20.5 Å². The second-order valence-corrected chi connectivity index (χ2v) is 5.54. The summed E-state index contributed by atoms with van der Waals surface area (Å²) in [4.78, 5) is 10.5. The highest BCUT2D eigenvalue weighted by Gasteiger charge is 2.15. The maximum absolute atomic E-state index is 10.9. The van der Waals surface area contributed by atoms with Crippen molar-refractivity contribution in [3.63, 3.8) is 0 Å². The van der Waals surface area contributed by atoms with Gasteiger partial charge in [-0.2, -0.15) is 0 Å². The number of hydrogen-bond donors (Lipinski definition) is 1. The normalized spacial score (nSPS) is 10.5. The van der Waals surface area contributed by atoms with E-state index in [0.29, 0.717) is 27.1 Å². The van der Waals surface area contributed by atoms with Gasteiger partial charge in [0.25, 0.3) is 5.69 Å². The first-order valence-corrected chi connectivity index (χ1v) is 7.04. The Kier molecular flexibility index (Phi) is 4.59. The molecule has 21 heavy (non-hydrogen) atoms. The Morgan fingerprint density at radius 3 is 2.48 bits per heavy atom. The standard InChI is InChI=1S/C15H14BrNO4/c1-9-6-15(10(2)5-13(9)17(19)20)21-14-4-3-11(8-18)7-12(14)16/h3-7,18H,8H2,1-2H3. The van der Waals surface area contributed by atoms with E-state index in [4.69, 9.17) is 9.84 Å². The SMILES string of the molecule is Cc1cc([N+](=O)[O-])c(C)cc1Oc1ccc(CO)cc1Br. The Balaban J connectivity index is 2.36. The maximum Gasteiger partial charge on any atom is 0.272 e. The number of nitro benzene ring substituents is 1. The summed E-state index contributed by atoms with van der Waals surface area (Å²) in [5.41, 5.74) is 2.08. The first kappa shape index (κ1) is 15.5. The highest BCUT2D eigenvalue weighted by molar-refractivity contribution is 9.10. The molecule has 2 aromatic rings. The number of halogens is 1. The third-order valence-electron chi connectivity index (χ3n) is 3.09. The molecule has 0 atom stereocenters. The summed E-state index contributed by atoms with van der Waals surface area (Å²) in [5, 5.41) is 20.0. The minimum Gasteiger partial charge on any atom is -0.456 e. The van der Waals surface area contributed by atoms with Crippen LogP contribution in [-0.4, -0.2) is 10.0 Å². The van der Waals surface area contributed by atoms with E-state index in [1.165, 1.54) is 6.07 Å². The summed E-state index contributed by atoms with van der Waals surface area (Å²) >= 11 is 3.38.